The second kappa shape index (κ2) is 6.31. The van der Waals surface area contributed by atoms with Crippen molar-refractivity contribution in [3.63, 3.8) is 0 Å². The first-order chi connectivity index (χ1) is 10.9. The zero-order valence-corrected chi connectivity index (χ0v) is 13.3. The maximum Gasteiger partial charge on any atom is 0.0900 e. The molecule has 117 valence electrons. The zero-order valence-electron chi connectivity index (χ0n) is 13.3. The molecule has 1 atom stereocenters. The van der Waals surface area contributed by atoms with E-state index in [0.717, 1.165) is 24.5 Å². The largest absolute Gasteiger partial charge is 0.351 e. The number of allylic oxidation sites excluding steroid dienone is 2. The maximum absolute atomic E-state index is 4.55. The molecule has 1 aromatic heterocycles. The van der Waals surface area contributed by atoms with E-state index < -0.39 is 0 Å². The second-order valence-electron chi connectivity index (χ2n) is 7.05. The summed E-state index contributed by atoms with van der Waals surface area (Å²) in [6, 6.07) is 2.89. The van der Waals surface area contributed by atoms with E-state index in [1.807, 2.05) is 0 Å². The lowest BCUT2D eigenvalue weighted by molar-refractivity contribution is 0.338. The van der Waals surface area contributed by atoms with Gasteiger partial charge in [-0.15, -0.1) is 0 Å². The highest BCUT2D eigenvalue weighted by Gasteiger charge is 2.27. The van der Waals surface area contributed by atoms with Crippen LogP contribution in [0.1, 0.15) is 62.8 Å². The molecule has 2 heterocycles. The number of hydrogen-bond acceptors (Lipinski definition) is 2. The second-order valence-corrected chi connectivity index (χ2v) is 7.05. The Labute approximate surface area is 133 Å². The lowest BCUT2D eigenvalue weighted by Crippen LogP contribution is -2.15. The maximum atomic E-state index is 4.55. The van der Waals surface area contributed by atoms with Gasteiger partial charge in [-0.25, -0.2) is 0 Å². The van der Waals surface area contributed by atoms with Crippen LogP contribution >= 0.6 is 0 Å². The molecule has 1 aromatic rings. The van der Waals surface area contributed by atoms with E-state index in [9.17, 15) is 0 Å². The summed E-state index contributed by atoms with van der Waals surface area (Å²) in [6.07, 6.45) is 20.9. The van der Waals surface area contributed by atoms with Gasteiger partial charge in [-0.05, 0) is 49.7 Å². The quantitative estimate of drug-likeness (QED) is 0.870. The molecule has 1 N–H and O–H groups in total. The van der Waals surface area contributed by atoms with Crippen LogP contribution in [0.15, 0.2) is 24.5 Å². The third-order valence-corrected chi connectivity index (χ3v) is 5.26. The van der Waals surface area contributed by atoms with Crippen LogP contribution in [0.2, 0.25) is 0 Å². The first-order valence-corrected chi connectivity index (χ1v) is 8.91. The number of rotatable bonds is 5. The number of nitrogens with zero attached hydrogens (tertiary/aromatic N) is 2. The summed E-state index contributed by atoms with van der Waals surface area (Å²) in [5.74, 6) is 0.943. The van der Waals surface area contributed by atoms with Crippen molar-refractivity contribution in [2.24, 2.45) is 5.92 Å². The first-order valence-electron chi connectivity index (χ1n) is 8.91. The molecule has 0 spiro atoms. The molecule has 2 aliphatic carbocycles. The summed E-state index contributed by atoms with van der Waals surface area (Å²) >= 11 is 0. The van der Waals surface area contributed by atoms with E-state index >= 15 is 0 Å². The fourth-order valence-corrected chi connectivity index (χ4v) is 3.75. The van der Waals surface area contributed by atoms with Crippen LogP contribution in [0.4, 0.5) is 0 Å². The van der Waals surface area contributed by atoms with Gasteiger partial charge in [-0.2, -0.15) is 5.10 Å². The van der Waals surface area contributed by atoms with Gasteiger partial charge >= 0.3 is 0 Å². The molecule has 0 saturated heterocycles. The first kappa shape index (κ1) is 14.1. The number of aromatic nitrogens is 2. The highest BCUT2D eigenvalue weighted by atomic mass is 15.2. The number of aryl methyl sites for hydroxylation is 1. The van der Waals surface area contributed by atoms with Gasteiger partial charge in [0, 0.05) is 24.1 Å². The van der Waals surface area contributed by atoms with Crippen molar-refractivity contribution in [3.05, 3.63) is 42.4 Å². The lowest BCUT2D eigenvalue weighted by atomic mass is 9.86. The van der Waals surface area contributed by atoms with Gasteiger partial charge in [-0.1, -0.05) is 38.2 Å². The molecule has 3 aliphatic rings. The van der Waals surface area contributed by atoms with Crippen LogP contribution in [0.3, 0.4) is 0 Å². The fourth-order valence-electron chi connectivity index (χ4n) is 3.75. The molecule has 4 rings (SSSR count). The summed E-state index contributed by atoms with van der Waals surface area (Å²) in [7, 11) is 0. The number of nitrogens with one attached hydrogen (secondary N) is 1. The van der Waals surface area contributed by atoms with Crippen molar-refractivity contribution in [3.8, 4) is 0 Å². The average molecular weight is 296 g/mol. The summed E-state index contributed by atoms with van der Waals surface area (Å²) in [5.41, 5.74) is 3.78. The van der Waals surface area contributed by atoms with E-state index in [1.165, 1.54) is 56.2 Å². The van der Waals surface area contributed by atoms with E-state index in [1.54, 1.807) is 0 Å². The molecule has 0 aromatic carbocycles. The highest BCUT2D eigenvalue weighted by Crippen LogP contribution is 2.32. The minimum absolute atomic E-state index is 0.622. The lowest BCUT2D eigenvalue weighted by Gasteiger charge is -2.20. The Balaban J connectivity index is 1.36. The zero-order chi connectivity index (χ0) is 14.8. The van der Waals surface area contributed by atoms with Crippen LogP contribution in [0, 0.1) is 12.3 Å². The number of H-pyrrole nitrogens is 1. The molecule has 3 nitrogen and oxygen atoms in total. The Hall–Kier alpha value is -1.51. The molecule has 1 aliphatic heterocycles. The van der Waals surface area contributed by atoms with Crippen LogP contribution in [-0.4, -0.2) is 21.1 Å². The standard InChI is InChI=1S/C19H26N3/c1-2-5-15(6-3-1)8-9-17-13-19(21-20-17)16-7-4-12-22(14-16)18-10-11-18/h4,10,12-15,18H,1-3,5-9,11H2,(H,20,21). The Morgan fingerprint density at radius 2 is 2.09 bits per heavy atom. The Bertz CT molecular complexity index is 559. The summed E-state index contributed by atoms with van der Waals surface area (Å²) in [6.45, 7) is 0. The molecule has 3 heteroatoms. The van der Waals surface area contributed by atoms with Gasteiger partial charge in [0.25, 0.3) is 0 Å². The van der Waals surface area contributed by atoms with Crippen LogP contribution in [-0.2, 0) is 6.42 Å². The van der Waals surface area contributed by atoms with E-state index in [0.29, 0.717) is 6.04 Å². The Kier molecular flexibility index (Phi) is 4.05. The minimum atomic E-state index is 0.622. The number of aromatic amines is 1. The molecule has 1 unspecified atom stereocenters. The van der Waals surface area contributed by atoms with Crippen molar-refractivity contribution in [1.82, 2.24) is 15.1 Å². The van der Waals surface area contributed by atoms with Crippen LogP contribution in [0.5, 0.6) is 0 Å². The van der Waals surface area contributed by atoms with E-state index in [-0.39, 0.29) is 0 Å². The Morgan fingerprint density at radius 1 is 1.23 bits per heavy atom. The molecule has 1 radical (unpaired) electrons. The van der Waals surface area contributed by atoms with E-state index in [4.69, 9.17) is 0 Å². The minimum Gasteiger partial charge on any atom is -0.351 e. The molecule has 22 heavy (non-hydrogen) atoms. The smallest absolute Gasteiger partial charge is 0.0900 e. The van der Waals surface area contributed by atoms with Crippen LogP contribution < -0.4 is 0 Å². The van der Waals surface area contributed by atoms with Crippen molar-refractivity contribution in [1.29, 1.82) is 0 Å². The van der Waals surface area contributed by atoms with Gasteiger partial charge in [0.1, 0.15) is 0 Å². The van der Waals surface area contributed by atoms with Gasteiger partial charge in [0.05, 0.1) is 5.69 Å². The third kappa shape index (κ3) is 3.29. The fraction of sp³-hybridized carbons (Fsp3) is 0.579. The van der Waals surface area contributed by atoms with Gasteiger partial charge in [-0.3, -0.25) is 5.10 Å². The van der Waals surface area contributed by atoms with Gasteiger partial charge in [0.2, 0.25) is 0 Å². The molecule has 2 saturated carbocycles. The summed E-state index contributed by atoms with van der Waals surface area (Å²) < 4.78 is 0. The highest BCUT2D eigenvalue weighted by molar-refractivity contribution is 5.65. The van der Waals surface area contributed by atoms with Crippen molar-refractivity contribution >= 4 is 5.57 Å². The predicted molar refractivity (Wildman–Crippen MR) is 89.8 cm³/mol. The molecular weight excluding hydrogens is 270 g/mol. The predicted octanol–water partition coefficient (Wildman–Crippen LogP) is 4.46. The average Bonchev–Trinajstić information content (AvgIpc) is 3.32. The molecule has 0 amide bonds. The van der Waals surface area contributed by atoms with Gasteiger partial charge < -0.3 is 4.90 Å². The summed E-state index contributed by atoms with van der Waals surface area (Å²) in [5, 5.41) is 7.81. The third-order valence-electron chi connectivity index (χ3n) is 5.26. The molecule has 2 fully saturated rings. The van der Waals surface area contributed by atoms with Crippen molar-refractivity contribution < 1.29 is 0 Å². The normalized spacial score (nSPS) is 22.9. The van der Waals surface area contributed by atoms with Crippen LogP contribution in [0.25, 0.3) is 5.57 Å². The van der Waals surface area contributed by atoms with E-state index in [2.05, 4.69) is 46.1 Å². The SMILES string of the molecule is [CH]1CC1N1C=CCC(c2cc(CCC3CCCCC3)[nH]n2)=C1. The van der Waals surface area contributed by atoms with Crippen molar-refractivity contribution in [2.75, 3.05) is 0 Å². The van der Waals surface area contributed by atoms with Gasteiger partial charge in [0.15, 0.2) is 0 Å². The number of hydrogen-bond donors (Lipinski definition) is 1. The Morgan fingerprint density at radius 3 is 2.91 bits per heavy atom. The molecular formula is C19H26N3. The summed E-state index contributed by atoms with van der Waals surface area (Å²) in [4.78, 5) is 2.31. The molecule has 0 bridgehead atoms. The van der Waals surface area contributed by atoms with Crippen molar-refractivity contribution in [2.45, 2.75) is 63.8 Å². The monoisotopic (exact) mass is 296 g/mol. The topological polar surface area (TPSA) is 31.9 Å².